The fourth-order valence-corrected chi connectivity index (χ4v) is 2.80. The van der Waals surface area contributed by atoms with Crippen LogP contribution in [0.5, 0.6) is 11.5 Å². The van der Waals surface area contributed by atoms with Crippen molar-refractivity contribution in [3.63, 3.8) is 0 Å². The van der Waals surface area contributed by atoms with E-state index in [-0.39, 0.29) is 12.6 Å². The van der Waals surface area contributed by atoms with Crippen LogP contribution in [0.1, 0.15) is 25.0 Å². The molecule has 2 rings (SSSR count). The topological polar surface area (TPSA) is 51.2 Å². The molecule has 0 amide bonds. The van der Waals surface area contributed by atoms with Gasteiger partial charge in [-0.3, -0.25) is 4.90 Å². The molecule has 124 valence electrons. The van der Waals surface area contributed by atoms with E-state index >= 15 is 0 Å². The van der Waals surface area contributed by atoms with E-state index < -0.39 is 0 Å². The van der Waals surface area contributed by atoms with E-state index in [2.05, 4.69) is 11.0 Å². The molecule has 1 aromatic carbocycles. The molecule has 1 N–H and O–H groups in total. The van der Waals surface area contributed by atoms with E-state index in [4.69, 9.17) is 14.2 Å². The van der Waals surface area contributed by atoms with Crippen molar-refractivity contribution in [2.24, 2.45) is 0 Å². The summed E-state index contributed by atoms with van der Waals surface area (Å²) in [6.45, 7) is 10.2. The van der Waals surface area contributed by atoms with E-state index in [9.17, 15) is 5.11 Å². The van der Waals surface area contributed by atoms with Gasteiger partial charge in [-0.2, -0.15) is 0 Å². The Bertz CT molecular complexity index is 478. The third-order valence-corrected chi connectivity index (χ3v) is 3.96. The molecular weight excluding hydrogens is 282 g/mol. The minimum atomic E-state index is 0.0510. The Morgan fingerprint density at radius 1 is 1.27 bits per heavy atom. The van der Waals surface area contributed by atoms with E-state index in [1.807, 2.05) is 26.8 Å². The van der Waals surface area contributed by atoms with Crippen molar-refractivity contribution in [2.45, 2.75) is 33.4 Å². The molecule has 5 heteroatoms. The highest BCUT2D eigenvalue weighted by Crippen LogP contribution is 2.33. The maximum absolute atomic E-state index is 9.51. The number of aliphatic hydroxyl groups excluding tert-OH is 1. The van der Waals surface area contributed by atoms with Gasteiger partial charge in [0.05, 0.1) is 39.1 Å². The highest BCUT2D eigenvalue weighted by molar-refractivity contribution is 5.49. The van der Waals surface area contributed by atoms with E-state index in [0.29, 0.717) is 26.4 Å². The average molecular weight is 309 g/mol. The molecule has 0 aliphatic carbocycles. The predicted molar refractivity (Wildman–Crippen MR) is 85.6 cm³/mol. The summed E-state index contributed by atoms with van der Waals surface area (Å²) in [6, 6.07) is 4.12. The van der Waals surface area contributed by atoms with Gasteiger partial charge < -0.3 is 19.3 Å². The average Bonchev–Trinajstić information content (AvgIpc) is 2.54. The summed E-state index contributed by atoms with van der Waals surface area (Å²) in [4.78, 5) is 2.25. The van der Waals surface area contributed by atoms with E-state index in [0.717, 1.165) is 35.7 Å². The zero-order chi connectivity index (χ0) is 15.9. The first-order valence-electron chi connectivity index (χ1n) is 8.01. The van der Waals surface area contributed by atoms with Gasteiger partial charge in [0.15, 0.2) is 0 Å². The molecule has 1 aliphatic rings. The minimum absolute atomic E-state index is 0.0510. The first-order valence-corrected chi connectivity index (χ1v) is 8.01. The number of hydrogen-bond acceptors (Lipinski definition) is 5. The Morgan fingerprint density at radius 3 is 2.73 bits per heavy atom. The summed E-state index contributed by atoms with van der Waals surface area (Å²) in [6.07, 6.45) is 0. The number of morpholine rings is 1. The Morgan fingerprint density at radius 2 is 2.05 bits per heavy atom. The number of ether oxygens (including phenoxy) is 3. The van der Waals surface area contributed by atoms with Crippen LogP contribution in [0.15, 0.2) is 12.1 Å². The monoisotopic (exact) mass is 309 g/mol. The lowest BCUT2D eigenvalue weighted by Crippen LogP contribution is -2.46. The van der Waals surface area contributed by atoms with E-state index in [1.54, 1.807) is 0 Å². The SMILES string of the molecule is CCOc1ccc(CN2CCOC[C@H]2CO)c(OCC)c1C. The van der Waals surface area contributed by atoms with Gasteiger partial charge in [-0.1, -0.05) is 6.07 Å². The second-order valence-electron chi connectivity index (χ2n) is 5.42. The summed E-state index contributed by atoms with van der Waals surface area (Å²) in [5.74, 6) is 1.77. The van der Waals surface area contributed by atoms with Crippen molar-refractivity contribution in [1.82, 2.24) is 4.90 Å². The molecule has 0 aromatic heterocycles. The van der Waals surface area contributed by atoms with Gasteiger partial charge in [0.25, 0.3) is 0 Å². The Labute approximate surface area is 132 Å². The lowest BCUT2D eigenvalue weighted by atomic mass is 10.1. The third-order valence-electron chi connectivity index (χ3n) is 3.96. The zero-order valence-corrected chi connectivity index (χ0v) is 13.8. The van der Waals surface area contributed by atoms with Crippen molar-refractivity contribution >= 4 is 0 Å². The standard InChI is InChI=1S/C17H27NO4/c1-4-21-16-7-6-14(17(13(16)3)22-5-2)10-18-8-9-20-12-15(18)11-19/h6-7,15,19H,4-5,8-12H2,1-3H3/t15-/m1/s1. The molecule has 1 heterocycles. The molecule has 0 spiro atoms. The quantitative estimate of drug-likeness (QED) is 0.835. The predicted octanol–water partition coefficient (Wildman–Crippen LogP) is 1.99. The summed E-state index contributed by atoms with van der Waals surface area (Å²) in [7, 11) is 0. The van der Waals surface area contributed by atoms with Gasteiger partial charge in [0.1, 0.15) is 11.5 Å². The highest BCUT2D eigenvalue weighted by atomic mass is 16.5. The summed E-state index contributed by atoms with van der Waals surface area (Å²) < 4.78 is 17.0. The van der Waals surface area contributed by atoms with Crippen LogP contribution in [0.25, 0.3) is 0 Å². The molecule has 5 nitrogen and oxygen atoms in total. The summed E-state index contributed by atoms with van der Waals surface area (Å²) >= 11 is 0. The Hall–Kier alpha value is -1.30. The lowest BCUT2D eigenvalue weighted by Gasteiger charge is -2.34. The van der Waals surface area contributed by atoms with Crippen molar-refractivity contribution < 1.29 is 19.3 Å². The molecule has 1 atom stereocenters. The van der Waals surface area contributed by atoms with Crippen LogP contribution in [0.2, 0.25) is 0 Å². The first kappa shape index (κ1) is 17.1. The van der Waals surface area contributed by atoms with Gasteiger partial charge in [-0.05, 0) is 26.8 Å². The van der Waals surface area contributed by atoms with Crippen molar-refractivity contribution in [1.29, 1.82) is 0 Å². The summed E-state index contributed by atoms with van der Waals surface area (Å²) in [5.41, 5.74) is 2.16. The second-order valence-corrected chi connectivity index (χ2v) is 5.42. The number of aliphatic hydroxyl groups is 1. The number of nitrogens with zero attached hydrogens (tertiary/aromatic N) is 1. The summed E-state index contributed by atoms with van der Waals surface area (Å²) in [5, 5.41) is 9.51. The fourth-order valence-electron chi connectivity index (χ4n) is 2.80. The van der Waals surface area contributed by atoms with Crippen LogP contribution in [0, 0.1) is 6.92 Å². The number of benzene rings is 1. The molecule has 0 radical (unpaired) electrons. The third kappa shape index (κ3) is 3.91. The van der Waals surface area contributed by atoms with Crippen LogP contribution in [-0.4, -0.2) is 55.6 Å². The number of rotatable bonds is 7. The van der Waals surface area contributed by atoms with Crippen molar-refractivity contribution in [3.8, 4) is 11.5 Å². The van der Waals surface area contributed by atoms with Crippen LogP contribution in [0.3, 0.4) is 0 Å². The van der Waals surface area contributed by atoms with Gasteiger partial charge in [-0.15, -0.1) is 0 Å². The number of hydrogen-bond donors (Lipinski definition) is 1. The molecule has 1 aliphatic heterocycles. The van der Waals surface area contributed by atoms with Crippen LogP contribution >= 0.6 is 0 Å². The molecule has 22 heavy (non-hydrogen) atoms. The van der Waals surface area contributed by atoms with Crippen LogP contribution in [0.4, 0.5) is 0 Å². The Balaban J connectivity index is 2.23. The molecule has 1 fully saturated rings. The van der Waals surface area contributed by atoms with Gasteiger partial charge >= 0.3 is 0 Å². The second kappa shape index (κ2) is 8.36. The van der Waals surface area contributed by atoms with Crippen LogP contribution in [-0.2, 0) is 11.3 Å². The molecule has 1 saturated heterocycles. The Kier molecular flexibility index (Phi) is 6.49. The van der Waals surface area contributed by atoms with Crippen molar-refractivity contribution in [2.75, 3.05) is 39.6 Å². The molecular formula is C17H27NO4. The largest absolute Gasteiger partial charge is 0.493 e. The van der Waals surface area contributed by atoms with Crippen LogP contribution < -0.4 is 9.47 Å². The fraction of sp³-hybridized carbons (Fsp3) is 0.647. The normalized spacial score (nSPS) is 19.2. The molecule has 1 aromatic rings. The minimum Gasteiger partial charge on any atom is -0.493 e. The van der Waals surface area contributed by atoms with Gasteiger partial charge in [0.2, 0.25) is 0 Å². The smallest absolute Gasteiger partial charge is 0.130 e. The first-order chi connectivity index (χ1) is 10.7. The molecule has 0 unspecified atom stereocenters. The zero-order valence-electron chi connectivity index (χ0n) is 13.8. The van der Waals surface area contributed by atoms with Gasteiger partial charge in [0, 0.05) is 24.2 Å². The highest BCUT2D eigenvalue weighted by Gasteiger charge is 2.24. The molecule has 0 bridgehead atoms. The maximum Gasteiger partial charge on any atom is 0.130 e. The lowest BCUT2D eigenvalue weighted by molar-refractivity contribution is -0.0315. The maximum atomic E-state index is 9.51. The van der Waals surface area contributed by atoms with Crippen molar-refractivity contribution in [3.05, 3.63) is 23.3 Å². The van der Waals surface area contributed by atoms with E-state index in [1.165, 1.54) is 0 Å². The molecule has 0 saturated carbocycles. The van der Waals surface area contributed by atoms with Gasteiger partial charge in [-0.25, -0.2) is 0 Å².